The van der Waals surface area contributed by atoms with Crippen LogP contribution < -0.4 is 5.32 Å². The summed E-state index contributed by atoms with van der Waals surface area (Å²) in [4.78, 5) is 17.6. The fraction of sp³-hybridized carbons (Fsp3) is 0. The van der Waals surface area contributed by atoms with Crippen molar-refractivity contribution in [2.45, 2.75) is 0 Å². The standard InChI is InChI=1S/C24H14BrIN2O2/c25-20-6-2-3-17-18(20)4-1-5-19(17)23(29)27-16-11-12-22-21(13-16)28-24(30-22)14-7-9-15(26)10-8-14/h1-13H,(H,27,29). The second-order valence-corrected chi connectivity index (χ2v) is 8.90. The molecule has 1 aromatic heterocycles. The Hall–Kier alpha value is -2.71. The van der Waals surface area contributed by atoms with Gasteiger partial charge in [-0.1, -0.05) is 40.2 Å². The van der Waals surface area contributed by atoms with Crippen LogP contribution in [0, 0.1) is 3.57 Å². The average Bonchev–Trinajstić information content (AvgIpc) is 3.17. The summed E-state index contributed by atoms with van der Waals surface area (Å²) in [6.45, 7) is 0. The van der Waals surface area contributed by atoms with Crippen molar-refractivity contribution in [3.8, 4) is 11.5 Å². The Morgan fingerprint density at radius 1 is 0.933 bits per heavy atom. The van der Waals surface area contributed by atoms with Crippen LogP contribution in [0.2, 0.25) is 0 Å². The molecular formula is C24H14BrIN2O2. The number of carbonyl (C=O) groups is 1. The number of nitrogens with zero attached hydrogens (tertiary/aromatic N) is 1. The lowest BCUT2D eigenvalue weighted by molar-refractivity contribution is 0.102. The highest BCUT2D eigenvalue weighted by atomic mass is 127. The van der Waals surface area contributed by atoms with Crippen molar-refractivity contribution in [3.63, 3.8) is 0 Å². The Morgan fingerprint density at radius 2 is 1.70 bits per heavy atom. The van der Waals surface area contributed by atoms with Crippen molar-refractivity contribution in [1.82, 2.24) is 4.98 Å². The molecule has 4 nitrogen and oxygen atoms in total. The predicted octanol–water partition coefficient (Wildman–Crippen LogP) is 7.27. The molecule has 5 rings (SSSR count). The molecule has 0 aliphatic carbocycles. The summed E-state index contributed by atoms with van der Waals surface area (Å²) in [5, 5.41) is 4.88. The van der Waals surface area contributed by atoms with Gasteiger partial charge in [0.2, 0.25) is 5.89 Å². The number of rotatable bonds is 3. The van der Waals surface area contributed by atoms with Gasteiger partial charge < -0.3 is 9.73 Å². The molecule has 1 heterocycles. The third-order valence-corrected chi connectivity index (χ3v) is 6.26. The lowest BCUT2D eigenvalue weighted by atomic mass is 10.0. The van der Waals surface area contributed by atoms with Crippen molar-refractivity contribution in [2.75, 3.05) is 5.32 Å². The van der Waals surface area contributed by atoms with E-state index in [0.717, 1.165) is 24.4 Å². The monoisotopic (exact) mass is 568 g/mol. The van der Waals surface area contributed by atoms with Gasteiger partial charge in [0.25, 0.3) is 5.91 Å². The van der Waals surface area contributed by atoms with Crippen LogP contribution in [-0.2, 0) is 0 Å². The first-order valence-corrected chi connectivity index (χ1v) is 11.1. The first kappa shape index (κ1) is 19.3. The summed E-state index contributed by atoms with van der Waals surface area (Å²) in [5.41, 5.74) is 3.58. The van der Waals surface area contributed by atoms with E-state index in [1.165, 1.54) is 0 Å². The van der Waals surface area contributed by atoms with Crippen LogP contribution in [-0.4, -0.2) is 10.9 Å². The highest BCUT2D eigenvalue weighted by molar-refractivity contribution is 14.1. The smallest absolute Gasteiger partial charge is 0.256 e. The van der Waals surface area contributed by atoms with E-state index in [4.69, 9.17) is 4.42 Å². The van der Waals surface area contributed by atoms with Crippen LogP contribution in [0.1, 0.15) is 10.4 Å². The summed E-state index contributed by atoms with van der Waals surface area (Å²) in [5.74, 6) is 0.392. The molecule has 6 heteroatoms. The van der Waals surface area contributed by atoms with Crippen LogP contribution in [0.3, 0.4) is 0 Å². The number of hydrogen-bond acceptors (Lipinski definition) is 3. The maximum atomic E-state index is 13.0. The number of amides is 1. The molecule has 0 spiro atoms. The molecule has 0 unspecified atom stereocenters. The molecule has 1 N–H and O–H groups in total. The van der Waals surface area contributed by atoms with E-state index in [1.54, 1.807) is 0 Å². The highest BCUT2D eigenvalue weighted by Crippen LogP contribution is 2.29. The Bertz CT molecular complexity index is 1410. The molecule has 0 fully saturated rings. The number of nitrogens with one attached hydrogen (secondary N) is 1. The van der Waals surface area contributed by atoms with E-state index in [9.17, 15) is 4.79 Å². The third kappa shape index (κ3) is 3.61. The zero-order valence-electron chi connectivity index (χ0n) is 15.5. The second-order valence-electron chi connectivity index (χ2n) is 6.80. The molecule has 146 valence electrons. The number of oxazole rings is 1. The first-order valence-electron chi connectivity index (χ1n) is 9.23. The number of fused-ring (bicyclic) bond motifs is 2. The largest absolute Gasteiger partial charge is 0.436 e. The number of benzene rings is 4. The lowest BCUT2D eigenvalue weighted by Crippen LogP contribution is -2.12. The van der Waals surface area contributed by atoms with Crippen LogP contribution in [0.25, 0.3) is 33.3 Å². The van der Waals surface area contributed by atoms with Gasteiger partial charge in [-0.25, -0.2) is 4.98 Å². The zero-order chi connectivity index (χ0) is 20.7. The molecule has 0 aliphatic rings. The summed E-state index contributed by atoms with van der Waals surface area (Å²) >= 11 is 5.81. The van der Waals surface area contributed by atoms with E-state index in [2.05, 4.69) is 48.8 Å². The van der Waals surface area contributed by atoms with E-state index in [1.807, 2.05) is 78.9 Å². The molecule has 1 amide bonds. The summed E-state index contributed by atoms with van der Waals surface area (Å²) < 4.78 is 7.99. The van der Waals surface area contributed by atoms with Crippen LogP contribution in [0.4, 0.5) is 5.69 Å². The van der Waals surface area contributed by atoms with Crippen LogP contribution >= 0.6 is 38.5 Å². The third-order valence-electron chi connectivity index (χ3n) is 4.85. The molecule has 0 saturated carbocycles. The molecule has 0 saturated heterocycles. The molecule has 4 aromatic carbocycles. The summed E-state index contributed by atoms with van der Waals surface area (Å²) in [6, 6.07) is 25.0. The summed E-state index contributed by atoms with van der Waals surface area (Å²) in [7, 11) is 0. The molecule has 5 aromatic rings. The Kier molecular flexibility index (Phi) is 5.04. The molecule has 30 heavy (non-hydrogen) atoms. The minimum Gasteiger partial charge on any atom is -0.436 e. The van der Waals surface area contributed by atoms with Gasteiger partial charge in [0, 0.05) is 24.9 Å². The molecule has 0 bridgehead atoms. The lowest BCUT2D eigenvalue weighted by Gasteiger charge is -2.09. The van der Waals surface area contributed by atoms with Gasteiger partial charge in [-0.2, -0.15) is 0 Å². The van der Waals surface area contributed by atoms with Gasteiger partial charge in [0.05, 0.1) is 0 Å². The van der Waals surface area contributed by atoms with Crippen molar-refractivity contribution in [1.29, 1.82) is 0 Å². The number of hydrogen-bond donors (Lipinski definition) is 1. The normalized spacial score (nSPS) is 11.1. The Balaban J connectivity index is 1.46. The van der Waals surface area contributed by atoms with Crippen LogP contribution in [0.5, 0.6) is 0 Å². The van der Waals surface area contributed by atoms with Gasteiger partial charge in [-0.15, -0.1) is 0 Å². The Morgan fingerprint density at radius 3 is 2.53 bits per heavy atom. The van der Waals surface area contributed by atoms with Gasteiger partial charge in [-0.05, 0) is 88.0 Å². The molecule has 0 aliphatic heterocycles. The number of anilines is 1. The van der Waals surface area contributed by atoms with Crippen molar-refractivity contribution in [2.24, 2.45) is 0 Å². The minimum absolute atomic E-state index is 0.167. The summed E-state index contributed by atoms with van der Waals surface area (Å²) in [6.07, 6.45) is 0. The molecule has 0 atom stereocenters. The molecular weight excluding hydrogens is 555 g/mol. The maximum absolute atomic E-state index is 13.0. The minimum atomic E-state index is -0.167. The SMILES string of the molecule is O=C(Nc1ccc2oc(-c3ccc(I)cc3)nc2c1)c1cccc2c(Br)cccc12. The first-order chi connectivity index (χ1) is 14.6. The fourth-order valence-corrected chi connectivity index (χ4v) is 4.25. The fourth-order valence-electron chi connectivity index (χ4n) is 3.39. The van der Waals surface area contributed by atoms with E-state index >= 15 is 0 Å². The predicted molar refractivity (Wildman–Crippen MR) is 132 cm³/mol. The highest BCUT2D eigenvalue weighted by Gasteiger charge is 2.13. The van der Waals surface area contributed by atoms with E-state index in [0.29, 0.717) is 28.2 Å². The van der Waals surface area contributed by atoms with Gasteiger partial charge in [-0.3, -0.25) is 4.79 Å². The zero-order valence-corrected chi connectivity index (χ0v) is 19.3. The topological polar surface area (TPSA) is 55.1 Å². The maximum Gasteiger partial charge on any atom is 0.256 e. The quantitative estimate of drug-likeness (QED) is 0.233. The van der Waals surface area contributed by atoms with E-state index < -0.39 is 0 Å². The van der Waals surface area contributed by atoms with E-state index in [-0.39, 0.29) is 5.91 Å². The van der Waals surface area contributed by atoms with Crippen molar-refractivity contribution in [3.05, 3.63) is 92.5 Å². The second kappa shape index (κ2) is 7.85. The number of aromatic nitrogens is 1. The van der Waals surface area contributed by atoms with Gasteiger partial charge in [0.1, 0.15) is 5.52 Å². The molecule has 0 radical (unpaired) electrons. The van der Waals surface area contributed by atoms with Gasteiger partial charge >= 0.3 is 0 Å². The van der Waals surface area contributed by atoms with Crippen molar-refractivity contribution >= 4 is 72.0 Å². The van der Waals surface area contributed by atoms with Crippen molar-refractivity contribution < 1.29 is 9.21 Å². The number of carbonyl (C=O) groups excluding carboxylic acids is 1. The Labute approximate surface area is 194 Å². The van der Waals surface area contributed by atoms with Crippen LogP contribution in [0.15, 0.2) is 87.8 Å². The van der Waals surface area contributed by atoms with Gasteiger partial charge in [0.15, 0.2) is 5.58 Å². The number of halogens is 2. The average molecular weight is 569 g/mol.